The number of rotatable bonds is 4. The Bertz CT molecular complexity index is 1040. The fourth-order valence-corrected chi connectivity index (χ4v) is 3.26. The number of methoxy groups -OCH3 is 2. The van der Waals surface area contributed by atoms with E-state index in [-0.39, 0.29) is 11.6 Å². The zero-order chi connectivity index (χ0) is 19.9. The summed E-state index contributed by atoms with van der Waals surface area (Å²) >= 11 is 0. The Morgan fingerprint density at radius 3 is 2.44 bits per heavy atom. The van der Waals surface area contributed by atoms with Crippen LogP contribution in [0.3, 0.4) is 0 Å². The van der Waals surface area contributed by atoms with Crippen LogP contribution in [0.15, 0.2) is 32.9 Å². The van der Waals surface area contributed by atoms with Crippen molar-refractivity contribution in [1.82, 2.24) is 14.1 Å². The van der Waals surface area contributed by atoms with Crippen molar-refractivity contribution in [3.8, 4) is 17.4 Å². The van der Waals surface area contributed by atoms with Gasteiger partial charge in [0, 0.05) is 39.2 Å². The first-order valence-corrected chi connectivity index (χ1v) is 8.31. The van der Waals surface area contributed by atoms with E-state index in [1.165, 1.54) is 14.1 Å². The van der Waals surface area contributed by atoms with Crippen molar-refractivity contribution in [2.75, 3.05) is 21.3 Å². The van der Waals surface area contributed by atoms with Gasteiger partial charge in [-0.3, -0.25) is 18.9 Å². The highest BCUT2D eigenvalue weighted by atomic mass is 16.5. The molecule has 1 aliphatic heterocycles. The third-order valence-corrected chi connectivity index (χ3v) is 4.84. The van der Waals surface area contributed by atoms with Crippen molar-refractivity contribution in [2.24, 2.45) is 19.2 Å². The van der Waals surface area contributed by atoms with E-state index in [4.69, 9.17) is 9.47 Å². The Labute approximate surface area is 155 Å². The number of hydrazone groups is 1. The van der Waals surface area contributed by atoms with Gasteiger partial charge in [-0.2, -0.15) is 5.10 Å². The van der Waals surface area contributed by atoms with Gasteiger partial charge in [-0.1, -0.05) is 0 Å². The van der Waals surface area contributed by atoms with Crippen molar-refractivity contribution in [3.05, 3.63) is 50.2 Å². The Balaban J connectivity index is 2.05. The van der Waals surface area contributed by atoms with Gasteiger partial charge < -0.3 is 14.6 Å². The third-order valence-electron chi connectivity index (χ3n) is 4.84. The first-order chi connectivity index (χ1) is 12.8. The summed E-state index contributed by atoms with van der Waals surface area (Å²) < 4.78 is 12.7. The van der Waals surface area contributed by atoms with Crippen LogP contribution in [-0.4, -0.2) is 46.2 Å². The van der Waals surface area contributed by atoms with E-state index in [1.807, 2.05) is 12.1 Å². The molecule has 1 aromatic carbocycles. The van der Waals surface area contributed by atoms with Gasteiger partial charge in [0.05, 0.1) is 26.0 Å². The van der Waals surface area contributed by atoms with Crippen LogP contribution in [0.25, 0.3) is 0 Å². The molecule has 0 fully saturated rings. The smallest absolute Gasteiger partial charge is 0.333 e. The van der Waals surface area contributed by atoms with Crippen LogP contribution in [0.2, 0.25) is 0 Å². The topological polar surface area (TPSA) is 98.3 Å². The van der Waals surface area contributed by atoms with Crippen molar-refractivity contribution in [1.29, 1.82) is 0 Å². The van der Waals surface area contributed by atoms with Crippen LogP contribution in [-0.2, 0) is 14.1 Å². The Kier molecular flexibility index (Phi) is 4.69. The van der Waals surface area contributed by atoms with Crippen molar-refractivity contribution >= 4 is 5.71 Å². The quantitative estimate of drug-likeness (QED) is 0.841. The van der Waals surface area contributed by atoms with E-state index in [9.17, 15) is 14.7 Å². The molecule has 1 N–H and O–H groups in total. The number of benzene rings is 1. The largest absolute Gasteiger partial charge is 0.497 e. The first-order valence-electron chi connectivity index (χ1n) is 8.31. The molecule has 1 aliphatic rings. The lowest BCUT2D eigenvalue weighted by atomic mass is 9.98. The standard InChI is InChI=1S/C18H22N4O5/c1-20-16(23)15(17(24)21(2)18(20)25)12-9-13(22(3)19-12)11-7-6-10(26-4)8-14(11)27-5/h6-8,13,23H,9H2,1-5H3. The summed E-state index contributed by atoms with van der Waals surface area (Å²) in [5.74, 6) is 0.916. The fourth-order valence-electron chi connectivity index (χ4n) is 3.26. The predicted octanol–water partition coefficient (Wildman–Crippen LogP) is 0.588. The van der Waals surface area contributed by atoms with E-state index >= 15 is 0 Å². The summed E-state index contributed by atoms with van der Waals surface area (Å²) in [5, 5.41) is 16.5. The molecule has 0 radical (unpaired) electrons. The van der Waals surface area contributed by atoms with Crippen LogP contribution >= 0.6 is 0 Å². The molecular formula is C18H22N4O5. The number of hydrogen-bond acceptors (Lipinski definition) is 7. The molecule has 9 heteroatoms. The number of nitrogens with zero attached hydrogens (tertiary/aromatic N) is 4. The lowest BCUT2D eigenvalue weighted by molar-refractivity contribution is 0.280. The molecule has 2 heterocycles. The van der Waals surface area contributed by atoms with Gasteiger partial charge in [0.15, 0.2) is 0 Å². The highest BCUT2D eigenvalue weighted by Crippen LogP contribution is 2.38. The monoisotopic (exact) mass is 374 g/mol. The molecule has 0 saturated carbocycles. The van der Waals surface area contributed by atoms with Crippen LogP contribution in [0, 0.1) is 0 Å². The molecule has 0 aliphatic carbocycles. The highest BCUT2D eigenvalue weighted by Gasteiger charge is 2.32. The first kappa shape index (κ1) is 18.6. The minimum absolute atomic E-state index is 0.0291. The second-order valence-corrected chi connectivity index (χ2v) is 6.35. The van der Waals surface area contributed by atoms with E-state index in [2.05, 4.69) is 5.10 Å². The van der Waals surface area contributed by atoms with Gasteiger partial charge in [0.1, 0.15) is 17.1 Å². The molecule has 0 saturated heterocycles. The summed E-state index contributed by atoms with van der Waals surface area (Å²) in [6.45, 7) is 0. The molecule has 1 unspecified atom stereocenters. The van der Waals surface area contributed by atoms with Crippen molar-refractivity contribution in [3.63, 3.8) is 0 Å². The minimum atomic E-state index is -0.596. The zero-order valence-corrected chi connectivity index (χ0v) is 15.9. The zero-order valence-electron chi connectivity index (χ0n) is 15.9. The maximum Gasteiger partial charge on any atom is 0.333 e. The van der Waals surface area contributed by atoms with E-state index in [1.54, 1.807) is 32.3 Å². The lowest BCUT2D eigenvalue weighted by Gasteiger charge is -2.21. The fraction of sp³-hybridized carbons (Fsp3) is 0.389. The second kappa shape index (κ2) is 6.82. The average molecular weight is 374 g/mol. The molecule has 1 aromatic heterocycles. The normalized spacial score (nSPS) is 16.4. The van der Waals surface area contributed by atoms with E-state index < -0.39 is 17.1 Å². The molecule has 9 nitrogen and oxygen atoms in total. The molecular weight excluding hydrogens is 352 g/mol. The summed E-state index contributed by atoms with van der Waals surface area (Å²) in [5.41, 5.74) is 0.142. The molecule has 144 valence electrons. The van der Waals surface area contributed by atoms with Gasteiger partial charge in [-0.25, -0.2) is 4.79 Å². The Morgan fingerprint density at radius 1 is 1.11 bits per heavy atom. The molecule has 1 atom stereocenters. The summed E-state index contributed by atoms with van der Waals surface area (Å²) in [4.78, 5) is 24.5. The van der Waals surface area contributed by atoms with Crippen LogP contribution in [0.4, 0.5) is 0 Å². The Morgan fingerprint density at radius 2 is 1.81 bits per heavy atom. The van der Waals surface area contributed by atoms with Gasteiger partial charge in [-0.15, -0.1) is 0 Å². The molecule has 0 bridgehead atoms. The van der Waals surface area contributed by atoms with Gasteiger partial charge in [0.2, 0.25) is 5.88 Å². The number of ether oxygens (including phenoxy) is 2. The molecule has 3 rings (SSSR count). The number of aromatic nitrogens is 2. The van der Waals surface area contributed by atoms with Crippen LogP contribution < -0.4 is 20.7 Å². The van der Waals surface area contributed by atoms with Crippen LogP contribution in [0.1, 0.15) is 23.6 Å². The molecule has 27 heavy (non-hydrogen) atoms. The molecule has 0 spiro atoms. The van der Waals surface area contributed by atoms with E-state index in [0.29, 0.717) is 23.6 Å². The summed E-state index contributed by atoms with van der Waals surface area (Å²) in [7, 11) is 7.71. The SMILES string of the molecule is COc1ccc(C2CC(c3c(O)n(C)c(=O)n(C)c3=O)=NN2C)c(OC)c1. The number of hydrogen-bond donors (Lipinski definition) is 1. The second-order valence-electron chi connectivity index (χ2n) is 6.35. The minimum Gasteiger partial charge on any atom is -0.497 e. The predicted molar refractivity (Wildman–Crippen MR) is 99.8 cm³/mol. The van der Waals surface area contributed by atoms with Gasteiger partial charge in [0.25, 0.3) is 5.56 Å². The summed E-state index contributed by atoms with van der Waals surface area (Å²) in [6, 6.07) is 5.30. The maximum absolute atomic E-state index is 12.6. The molecule has 0 amide bonds. The highest BCUT2D eigenvalue weighted by molar-refractivity contribution is 6.03. The molecule has 2 aromatic rings. The van der Waals surface area contributed by atoms with Gasteiger partial charge in [-0.05, 0) is 12.1 Å². The number of aromatic hydroxyl groups is 1. The van der Waals surface area contributed by atoms with E-state index in [0.717, 1.165) is 14.7 Å². The Hall–Kier alpha value is -3.23. The summed E-state index contributed by atoms with van der Waals surface area (Å²) in [6.07, 6.45) is 0.375. The average Bonchev–Trinajstić information content (AvgIpc) is 3.05. The van der Waals surface area contributed by atoms with Crippen LogP contribution in [0.5, 0.6) is 17.4 Å². The van der Waals surface area contributed by atoms with Gasteiger partial charge >= 0.3 is 5.69 Å². The lowest BCUT2D eigenvalue weighted by Crippen LogP contribution is -2.39. The van der Waals surface area contributed by atoms with Crippen molar-refractivity contribution < 1.29 is 14.6 Å². The van der Waals surface area contributed by atoms with Crippen molar-refractivity contribution in [2.45, 2.75) is 12.5 Å². The third kappa shape index (κ3) is 2.94. The maximum atomic E-state index is 12.6.